The van der Waals surface area contributed by atoms with Gasteiger partial charge in [-0.25, -0.2) is 4.79 Å². The summed E-state index contributed by atoms with van der Waals surface area (Å²) in [5, 5.41) is 8.47. The Hall–Kier alpha value is -1.44. The first kappa shape index (κ1) is 11.6. The fourth-order valence-corrected chi connectivity index (χ4v) is 1.45. The molecule has 0 fully saturated rings. The van der Waals surface area contributed by atoms with Gasteiger partial charge in [0.15, 0.2) is 5.75 Å². The number of thiophene rings is 1. The Morgan fingerprint density at radius 2 is 2.13 bits per heavy atom. The van der Waals surface area contributed by atoms with Crippen LogP contribution in [0.2, 0.25) is 0 Å². The normalized spacial score (nSPS) is 11.2. The number of ether oxygens (including phenoxy) is 2. The fraction of sp³-hybridized carbons (Fsp3) is 0.286. The second kappa shape index (κ2) is 3.97. The van der Waals surface area contributed by atoms with Gasteiger partial charge in [0, 0.05) is 6.07 Å². The summed E-state index contributed by atoms with van der Waals surface area (Å²) >= 11 is 0.112. The Morgan fingerprint density at radius 1 is 1.53 bits per heavy atom. The maximum atomic E-state index is 12.1. The van der Waals surface area contributed by atoms with E-state index in [1.54, 1.807) is 0 Å². The zero-order chi connectivity index (χ0) is 11.6. The molecule has 1 aromatic heterocycles. The monoisotopic (exact) mass is 242 g/mol. The molecule has 4 nitrogen and oxygen atoms in total. The molecule has 0 spiro atoms. The predicted molar refractivity (Wildman–Crippen MR) is 44.0 cm³/mol. The van der Waals surface area contributed by atoms with Gasteiger partial charge >= 0.3 is 12.3 Å². The third-order valence-corrected chi connectivity index (χ3v) is 2.35. The van der Waals surface area contributed by atoms with Crippen molar-refractivity contribution in [3.05, 3.63) is 10.9 Å². The average molecular weight is 242 g/mol. The number of carbonyl (C=O) groups is 1. The summed E-state index contributed by atoms with van der Waals surface area (Å²) in [6, 6.07) is 0.475. The van der Waals surface area contributed by atoms with Gasteiger partial charge in [-0.1, -0.05) is 11.3 Å². The summed E-state index contributed by atoms with van der Waals surface area (Å²) in [6.45, 7) is 0. The van der Waals surface area contributed by atoms with Gasteiger partial charge in [-0.15, -0.1) is 0 Å². The maximum Gasteiger partial charge on any atom is 0.514 e. The maximum absolute atomic E-state index is 12.1. The largest absolute Gasteiger partial charge is 0.514 e. The van der Waals surface area contributed by atoms with Gasteiger partial charge in [0.1, 0.15) is 4.88 Å². The molecule has 8 heteroatoms. The van der Waals surface area contributed by atoms with E-state index in [4.69, 9.17) is 5.11 Å². The topological polar surface area (TPSA) is 55.8 Å². The first-order chi connectivity index (χ1) is 6.84. The van der Waals surface area contributed by atoms with Crippen molar-refractivity contribution >= 4 is 17.5 Å². The molecule has 0 radical (unpaired) electrons. The van der Waals surface area contributed by atoms with E-state index >= 15 is 0 Å². The second-order valence-corrected chi connectivity index (χ2v) is 3.35. The smallest absolute Gasteiger partial charge is 0.504 e. The first-order valence-electron chi connectivity index (χ1n) is 3.50. The molecule has 0 saturated heterocycles. The van der Waals surface area contributed by atoms with Crippen LogP contribution >= 0.6 is 11.3 Å². The highest BCUT2D eigenvalue weighted by atomic mass is 32.1. The van der Waals surface area contributed by atoms with E-state index in [1.165, 1.54) is 0 Å². The van der Waals surface area contributed by atoms with Crippen molar-refractivity contribution in [2.45, 2.75) is 6.18 Å². The van der Waals surface area contributed by atoms with Crippen LogP contribution in [-0.2, 0) is 10.9 Å². The van der Waals surface area contributed by atoms with Gasteiger partial charge in [0.05, 0.1) is 7.11 Å². The van der Waals surface area contributed by atoms with Crippen molar-refractivity contribution in [3.8, 4) is 10.8 Å². The molecule has 15 heavy (non-hydrogen) atoms. The third kappa shape index (κ3) is 2.75. The molecule has 0 aromatic carbocycles. The molecule has 1 heterocycles. The molecule has 0 aliphatic rings. The molecule has 0 unspecified atom stereocenters. The number of alkyl halides is 3. The number of aromatic hydroxyl groups is 1. The number of carbonyl (C=O) groups excluding carboxylic acids is 1. The number of hydrogen-bond donors (Lipinski definition) is 1. The highest BCUT2D eigenvalue weighted by Crippen LogP contribution is 2.44. The van der Waals surface area contributed by atoms with Crippen molar-refractivity contribution in [1.29, 1.82) is 0 Å². The van der Waals surface area contributed by atoms with Crippen LogP contribution in [0.25, 0.3) is 0 Å². The Labute approximate surface area is 85.8 Å². The van der Waals surface area contributed by atoms with Gasteiger partial charge < -0.3 is 14.6 Å². The van der Waals surface area contributed by atoms with Crippen molar-refractivity contribution in [2.75, 3.05) is 7.11 Å². The summed E-state index contributed by atoms with van der Waals surface area (Å²) in [7, 11) is 0.998. The minimum absolute atomic E-state index is 0.112. The van der Waals surface area contributed by atoms with Crippen LogP contribution in [0.1, 0.15) is 4.88 Å². The molecular weight excluding hydrogens is 237 g/mol. The molecule has 1 N–H and O–H groups in total. The zero-order valence-electron chi connectivity index (χ0n) is 7.29. The van der Waals surface area contributed by atoms with Crippen LogP contribution in [0, 0.1) is 0 Å². The van der Waals surface area contributed by atoms with Crippen LogP contribution in [0.3, 0.4) is 0 Å². The number of halogens is 3. The van der Waals surface area contributed by atoms with Crippen molar-refractivity contribution in [3.63, 3.8) is 0 Å². The highest BCUT2D eigenvalue weighted by molar-refractivity contribution is 7.14. The van der Waals surface area contributed by atoms with Gasteiger partial charge in [-0.3, -0.25) is 0 Å². The lowest BCUT2D eigenvalue weighted by Crippen LogP contribution is -2.06. The second-order valence-electron chi connectivity index (χ2n) is 2.34. The summed E-state index contributed by atoms with van der Waals surface area (Å²) in [5.41, 5.74) is 0. The molecule has 0 bridgehead atoms. The standard InChI is InChI=1S/C7H5F3O4S/c1-13-6(12)14-5-3(11)2-4(15-5)7(8,9)10/h2,11H,1H3. The van der Waals surface area contributed by atoms with E-state index < -0.39 is 28.0 Å². The minimum atomic E-state index is -4.58. The van der Waals surface area contributed by atoms with E-state index in [0.29, 0.717) is 6.07 Å². The van der Waals surface area contributed by atoms with Crippen LogP contribution in [0.15, 0.2) is 6.07 Å². The molecule has 0 saturated carbocycles. The number of hydrogen-bond acceptors (Lipinski definition) is 5. The molecular formula is C7H5F3O4S. The van der Waals surface area contributed by atoms with Crippen molar-refractivity contribution in [1.82, 2.24) is 0 Å². The minimum Gasteiger partial charge on any atom is -0.504 e. The molecule has 1 aromatic rings. The van der Waals surface area contributed by atoms with Crippen LogP contribution in [0.5, 0.6) is 10.8 Å². The first-order valence-corrected chi connectivity index (χ1v) is 4.32. The van der Waals surface area contributed by atoms with Crippen LogP contribution < -0.4 is 4.74 Å². The molecule has 0 aliphatic heterocycles. The summed E-state index contributed by atoms with van der Waals surface area (Å²) in [6.07, 6.45) is -5.78. The average Bonchev–Trinajstić information content (AvgIpc) is 2.47. The van der Waals surface area contributed by atoms with Crippen molar-refractivity contribution < 1.29 is 32.5 Å². The highest BCUT2D eigenvalue weighted by Gasteiger charge is 2.34. The Balaban J connectivity index is 2.92. The van der Waals surface area contributed by atoms with E-state index in [0.717, 1.165) is 7.11 Å². The quantitative estimate of drug-likeness (QED) is 0.769. The fourth-order valence-electron chi connectivity index (χ4n) is 0.695. The van der Waals surface area contributed by atoms with Crippen LogP contribution in [-0.4, -0.2) is 18.4 Å². The Kier molecular flexibility index (Phi) is 3.08. The van der Waals surface area contributed by atoms with Gasteiger partial charge in [0.25, 0.3) is 0 Å². The van der Waals surface area contributed by atoms with Crippen LogP contribution in [0.4, 0.5) is 18.0 Å². The van der Waals surface area contributed by atoms with E-state index in [2.05, 4.69) is 9.47 Å². The lowest BCUT2D eigenvalue weighted by Gasteiger charge is -2.00. The predicted octanol–water partition coefficient (Wildman–Crippen LogP) is 2.62. The van der Waals surface area contributed by atoms with Gasteiger partial charge in [-0.05, 0) is 0 Å². The third-order valence-electron chi connectivity index (χ3n) is 1.30. The lowest BCUT2D eigenvalue weighted by molar-refractivity contribution is -0.134. The van der Waals surface area contributed by atoms with E-state index in [1.807, 2.05) is 0 Å². The summed E-state index contributed by atoms with van der Waals surface area (Å²) < 4.78 is 44.7. The SMILES string of the molecule is COC(=O)Oc1sc(C(F)(F)F)cc1O. The summed E-state index contributed by atoms with van der Waals surface area (Å²) in [4.78, 5) is 9.51. The van der Waals surface area contributed by atoms with Gasteiger partial charge in [0.2, 0.25) is 5.06 Å². The van der Waals surface area contributed by atoms with E-state index in [-0.39, 0.29) is 11.3 Å². The summed E-state index contributed by atoms with van der Waals surface area (Å²) in [5.74, 6) is -0.752. The molecule has 1 rings (SSSR count). The lowest BCUT2D eigenvalue weighted by atomic mass is 10.4. The van der Waals surface area contributed by atoms with E-state index in [9.17, 15) is 18.0 Å². The zero-order valence-corrected chi connectivity index (χ0v) is 8.11. The molecule has 84 valence electrons. The number of rotatable bonds is 1. The Morgan fingerprint density at radius 3 is 2.53 bits per heavy atom. The molecule has 0 aliphatic carbocycles. The van der Waals surface area contributed by atoms with Crippen molar-refractivity contribution in [2.24, 2.45) is 0 Å². The number of methoxy groups -OCH3 is 1. The molecule has 0 amide bonds. The Bertz CT molecular complexity index is 371. The van der Waals surface area contributed by atoms with Gasteiger partial charge in [-0.2, -0.15) is 13.2 Å². The molecule has 0 atom stereocenters.